The van der Waals surface area contributed by atoms with Gasteiger partial charge in [-0.15, -0.1) is 5.10 Å². The largest absolute Gasteiger partial charge is 0.378 e. The molecule has 32 heavy (non-hydrogen) atoms. The highest BCUT2D eigenvalue weighted by Gasteiger charge is 2.23. The lowest BCUT2D eigenvalue weighted by Gasteiger charge is -2.32. The third-order valence-corrected chi connectivity index (χ3v) is 5.78. The Bertz CT molecular complexity index is 1110. The van der Waals surface area contributed by atoms with Crippen molar-refractivity contribution in [2.45, 2.75) is 45.8 Å². The molecule has 8 nitrogen and oxygen atoms in total. The second-order valence-electron chi connectivity index (χ2n) is 8.74. The number of hydrogen-bond acceptors (Lipinski definition) is 4. The lowest BCUT2D eigenvalue weighted by atomic mass is 10.1. The van der Waals surface area contributed by atoms with Gasteiger partial charge in [-0.25, -0.2) is 14.3 Å². The van der Waals surface area contributed by atoms with E-state index in [1.807, 2.05) is 35.2 Å². The molecule has 0 unspecified atom stereocenters. The third-order valence-electron chi connectivity index (χ3n) is 5.78. The normalized spacial score (nSPS) is 14.9. The number of fused-ring (bicyclic) bond motifs is 1. The molecule has 1 aromatic carbocycles. The number of piperidine rings is 1. The molecule has 2 aromatic heterocycles. The first-order chi connectivity index (χ1) is 15.5. The van der Waals surface area contributed by atoms with Gasteiger partial charge < -0.3 is 15.0 Å². The van der Waals surface area contributed by atoms with Gasteiger partial charge in [0.15, 0.2) is 5.65 Å². The fourth-order valence-electron chi connectivity index (χ4n) is 3.89. The average Bonchev–Trinajstić information content (AvgIpc) is 3.09. The van der Waals surface area contributed by atoms with Crippen molar-refractivity contribution < 1.29 is 9.53 Å². The van der Waals surface area contributed by atoms with Crippen LogP contribution in [0.25, 0.3) is 5.65 Å². The lowest BCUT2D eigenvalue weighted by molar-refractivity contribution is 0.0112. The van der Waals surface area contributed by atoms with Gasteiger partial charge in [0, 0.05) is 31.6 Å². The Labute approximate surface area is 187 Å². The Kier molecular flexibility index (Phi) is 6.90. The van der Waals surface area contributed by atoms with Gasteiger partial charge in [0.2, 0.25) is 0 Å². The topological polar surface area (TPSA) is 80.9 Å². The summed E-state index contributed by atoms with van der Waals surface area (Å²) in [4.78, 5) is 27.1. The number of aromatic nitrogens is 3. The van der Waals surface area contributed by atoms with Crippen molar-refractivity contribution in [1.29, 1.82) is 0 Å². The van der Waals surface area contributed by atoms with Crippen LogP contribution in [0.1, 0.15) is 38.7 Å². The molecule has 3 aromatic rings. The van der Waals surface area contributed by atoms with E-state index < -0.39 is 0 Å². The highest BCUT2D eigenvalue weighted by Crippen LogP contribution is 2.17. The van der Waals surface area contributed by atoms with Crippen molar-refractivity contribution in [2.75, 3.05) is 25.0 Å². The highest BCUT2D eigenvalue weighted by atomic mass is 16.5. The zero-order valence-electron chi connectivity index (χ0n) is 18.7. The smallest absolute Gasteiger partial charge is 0.350 e. The van der Waals surface area contributed by atoms with Crippen LogP contribution < -0.4 is 11.0 Å². The molecule has 1 fully saturated rings. The molecule has 3 heterocycles. The summed E-state index contributed by atoms with van der Waals surface area (Å²) in [5.74, 6) is 0.642. The van der Waals surface area contributed by atoms with Crippen molar-refractivity contribution in [3.05, 3.63) is 64.7 Å². The van der Waals surface area contributed by atoms with Crippen LogP contribution in [-0.4, -0.2) is 50.9 Å². The minimum atomic E-state index is -0.187. The molecule has 1 aliphatic heterocycles. The number of ether oxygens (including phenoxy) is 1. The molecule has 170 valence electrons. The van der Waals surface area contributed by atoms with Gasteiger partial charge in [-0.3, -0.25) is 4.40 Å². The number of carbonyl (C=O) groups excluding carboxylic acids is 1. The van der Waals surface area contributed by atoms with E-state index in [1.54, 1.807) is 18.3 Å². The van der Waals surface area contributed by atoms with Gasteiger partial charge in [-0.05, 0) is 55.0 Å². The molecule has 0 aliphatic carbocycles. The number of nitrogens with one attached hydrogen (secondary N) is 1. The summed E-state index contributed by atoms with van der Waals surface area (Å²) < 4.78 is 8.90. The summed E-state index contributed by atoms with van der Waals surface area (Å²) in [6, 6.07) is 12.9. The quantitative estimate of drug-likeness (QED) is 0.612. The molecular formula is C24H31N5O3. The van der Waals surface area contributed by atoms with Crippen LogP contribution in [0.4, 0.5) is 10.5 Å². The molecule has 0 atom stereocenters. The Hall–Kier alpha value is -3.13. The number of carbonyl (C=O) groups is 1. The minimum absolute atomic E-state index is 0.104. The molecule has 0 radical (unpaired) electrons. The van der Waals surface area contributed by atoms with Gasteiger partial charge in [0.25, 0.3) is 0 Å². The molecule has 4 rings (SSSR count). The number of likely N-dealkylation sites (tertiary alicyclic amines) is 1. The van der Waals surface area contributed by atoms with Crippen LogP contribution in [0.5, 0.6) is 0 Å². The van der Waals surface area contributed by atoms with E-state index in [0.717, 1.165) is 31.4 Å². The highest BCUT2D eigenvalue weighted by molar-refractivity contribution is 5.89. The van der Waals surface area contributed by atoms with E-state index in [2.05, 4.69) is 24.3 Å². The minimum Gasteiger partial charge on any atom is -0.378 e. The van der Waals surface area contributed by atoms with Crippen LogP contribution >= 0.6 is 0 Å². The zero-order chi connectivity index (χ0) is 22.5. The molecule has 0 spiro atoms. The summed E-state index contributed by atoms with van der Waals surface area (Å²) in [6.07, 6.45) is 4.74. The van der Waals surface area contributed by atoms with E-state index in [1.165, 1.54) is 9.08 Å². The molecule has 8 heteroatoms. The second-order valence-corrected chi connectivity index (χ2v) is 8.74. The fraction of sp³-hybridized carbons (Fsp3) is 0.458. The predicted molar refractivity (Wildman–Crippen MR) is 124 cm³/mol. The first-order valence-electron chi connectivity index (χ1n) is 11.3. The van der Waals surface area contributed by atoms with E-state index in [0.29, 0.717) is 36.9 Å². The van der Waals surface area contributed by atoms with Crippen molar-refractivity contribution in [1.82, 2.24) is 19.1 Å². The molecule has 2 amide bonds. The van der Waals surface area contributed by atoms with Crippen LogP contribution in [0.2, 0.25) is 0 Å². The Balaban J connectivity index is 1.32. The molecule has 0 saturated carbocycles. The van der Waals surface area contributed by atoms with Gasteiger partial charge in [-0.2, -0.15) is 0 Å². The van der Waals surface area contributed by atoms with Crippen LogP contribution in [0, 0.1) is 5.92 Å². The maximum absolute atomic E-state index is 12.7. The number of benzene rings is 1. The summed E-state index contributed by atoms with van der Waals surface area (Å²) >= 11 is 0. The number of urea groups is 1. The summed E-state index contributed by atoms with van der Waals surface area (Å²) in [6.45, 7) is 6.89. The Morgan fingerprint density at radius 1 is 1.19 bits per heavy atom. The fourth-order valence-corrected chi connectivity index (χ4v) is 3.89. The van der Waals surface area contributed by atoms with Crippen LogP contribution in [0.15, 0.2) is 53.5 Å². The summed E-state index contributed by atoms with van der Waals surface area (Å²) in [7, 11) is 0. The standard InChI is InChI=1S/C24H31N5O3/c1-18(2)11-15-32-21-9-13-27(14-10-21)23(30)25-20-7-5-6-19(16-20)17-29-24(31)28-12-4-3-8-22(28)26-29/h3-8,12,16,18,21H,9-11,13-15,17H2,1-2H3,(H,25,30). The Morgan fingerprint density at radius 3 is 2.75 bits per heavy atom. The lowest BCUT2D eigenvalue weighted by Crippen LogP contribution is -2.43. The number of amides is 2. The first-order valence-corrected chi connectivity index (χ1v) is 11.3. The van der Waals surface area contributed by atoms with Crippen molar-refractivity contribution in [3.8, 4) is 0 Å². The molecule has 1 saturated heterocycles. The van der Waals surface area contributed by atoms with E-state index in [-0.39, 0.29) is 17.8 Å². The monoisotopic (exact) mass is 437 g/mol. The second kappa shape index (κ2) is 9.99. The molecule has 1 aliphatic rings. The molecular weight excluding hydrogens is 406 g/mol. The average molecular weight is 438 g/mol. The number of rotatable bonds is 7. The SMILES string of the molecule is CC(C)CCOC1CCN(C(=O)Nc2cccc(Cn3nc4ccccn4c3=O)c2)CC1. The van der Waals surface area contributed by atoms with E-state index in [4.69, 9.17) is 4.74 Å². The van der Waals surface area contributed by atoms with Crippen LogP contribution in [-0.2, 0) is 11.3 Å². The van der Waals surface area contributed by atoms with Crippen molar-refractivity contribution in [3.63, 3.8) is 0 Å². The van der Waals surface area contributed by atoms with E-state index in [9.17, 15) is 9.59 Å². The zero-order valence-corrected chi connectivity index (χ0v) is 18.7. The maximum Gasteiger partial charge on any atom is 0.350 e. The molecule has 0 bridgehead atoms. The van der Waals surface area contributed by atoms with Gasteiger partial charge in [0.05, 0.1) is 12.6 Å². The number of nitrogens with zero attached hydrogens (tertiary/aromatic N) is 4. The predicted octanol–water partition coefficient (Wildman–Crippen LogP) is 3.60. The number of pyridine rings is 1. The van der Waals surface area contributed by atoms with Crippen molar-refractivity contribution >= 4 is 17.4 Å². The third kappa shape index (κ3) is 5.37. The van der Waals surface area contributed by atoms with Crippen LogP contribution in [0.3, 0.4) is 0 Å². The van der Waals surface area contributed by atoms with Crippen molar-refractivity contribution in [2.24, 2.45) is 5.92 Å². The summed E-state index contributed by atoms with van der Waals surface area (Å²) in [5, 5.41) is 7.35. The van der Waals surface area contributed by atoms with E-state index >= 15 is 0 Å². The number of anilines is 1. The Morgan fingerprint density at radius 2 is 2.00 bits per heavy atom. The van der Waals surface area contributed by atoms with Gasteiger partial charge >= 0.3 is 11.7 Å². The van der Waals surface area contributed by atoms with Gasteiger partial charge in [0.1, 0.15) is 0 Å². The molecule has 1 N–H and O–H groups in total. The maximum atomic E-state index is 12.7. The van der Waals surface area contributed by atoms with Gasteiger partial charge in [-0.1, -0.05) is 32.0 Å². The summed E-state index contributed by atoms with van der Waals surface area (Å²) in [5.41, 5.74) is 2.03. The number of hydrogen-bond donors (Lipinski definition) is 1. The first kappa shape index (κ1) is 22.1.